The third-order valence-electron chi connectivity index (χ3n) is 4.72. The average molecular weight is 421 g/mol. The number of carbonyl (C=O) groups is 1. The van der Waals surface area contributed by atoms with Crippen molar-refractivity contribution in [2.75, 3.05) is 0 Å². The molecule has 0 amide bonds. The molecule has 0 aliphatic rings. The number of aliphatic carboxylic acids is 1. The van der Waals surface area contributed by atoms with Gasteiger partial charge < -0.3 is 5.11 Å². The molecule has 150 valence electrons. The number of hydrogen-bond donors (Lipinski definition) is 1. The number of benzene rings is 3. The van der Waals surface area contributed by atoms with Gasteiger partial charge in [0.15, 0.2) is 0 Å². The molecule has 0 bridgehead atoms. The third kappa shape index (κ3) is 3.99. The van der Waals surface area contributed by atoms with E-state index in [1.165, 1.54) is 12.1 Å². The fourth-order valence-corrected chi connectivity index (χ4v) is 3.50. The van der Waals surface area contributed by atoms with Crippen LogP contribution in [0.2, 0.25) is 0 Å². The Kier molecular flexibility index (Phi) is 6.09. The van der Waals surface area contributed by atoms with Gasteiger partial charge in [0, 0.05) is 23.1 Å². The molecule has 1 heterocycles. The summed E-state index contributed by atoms with van der Waals surface area (Å²) < 4.78 is 0. The molecule has 0 aliphatic heterocycles. The van der Waals surface area contributed by atoms with Crippen molar-refractivity contribution < 1.29 is 14.8 Å². The summed E-state index contributed by atoms with van der Waals surface area (Å²) in [6.07, 6.45) is -0.250. The van der Waals surface area contributed by atoms with Gasteiger partial charge in [0.25, 0.3) is 5.69 Å². The van der Waals surface area contributed by atoms with Crippen LogP contribution >= 0.6 is 12.4 Å². The molecule has 3 aromatic carbocycles. The van der Waals surface area contributed by atoms with Crippen molar-refractivity contribution >= 4 is 35.0 Å². The van der Waals surface area contributed by atoms with Crippen molar-refractivity contribution in [3.63, 3.8) is 0 Å². The van der Waals surface area contributed by atoms with E-state index in [-0.39, 0.29) is 24.5 Å². The SMILES string of the molecule is Cl.O=C(O)Cc1c(-c2ccccc2)nc2ccc([N+](=O)[O-])cc2c1-c1ccccc1. The quantitative estimate of drug-likeness (QED) is 0.338. The van der Waals surface area contributed by atoms with Gasteiger partial charge in [0.2, 0.25) is 0 Å². The molecule has 0 fully saturated rings. The molecule has 1 N–H and O–H groups in total. The van der Waals surface area contributed by atoms with Gasteiger partial charge in [0.1, 0.15) is 0 Å². The number of rotatable bonds is 5. The number of aromatic nitrogens is 1. The second-order valence-corrected chi connectivity index (χ2v) is 6.58. The summed E-state index contributed by atoms with van der Waals surface area (Å²) in [6.45, 7) is 0. The normalized spacial score (nSPS) is 10.4. The highest BCUT2D eigenvalue weighted by molar-refractivity contribution is 6.01. The van der Waals surface area contributed by atoms with Gasteiger partial charge in [-0.1, -0.05) is 60.7 Å². The summed E-state index contributed by atoms with van der Waals surface area (Å²) in [4.78, 5) is 27.3. The topological polar surface area (TPSA) is 93.3 Å². The maximum absolute atomic E-state index is 11.7. The van der Waals surface area contributed by atoms with Crippen LogP contribution in [0.5, 0.6) is 0 Å². The number of nitro benzene ring substituents is 1. The van der Waals surface area contributed by atoms with Gasteiger partial charge in [-0.2, -0.15) is 0 Å². The molecule has 30 heavy (non-hydrogen) atoms. The van der Waals surface area contributed by atoms with Crippen LogP contribution in [0.25, 0.3) is 33.3 Å². The zero-order valence-corrected chi connectivity index (χ0v) is 16.5. The minimum atomic E-state index is -0.994. The lowest BCUT2D eigenvalue weighted by atomic mass is 9.90. The first-order valence-corrected chi connectivity index (χ1v) is 8.98. The first kappa shape index (κ1) is 21.0. The van der Waals surface area contributed by atoms with Crippen LogP contribution in [0, 0.1) is 10.1 Å². The van der Waals surface area contributed by atoms with Crippen molar-refractivity contribution in [1.82, 2.24) is 4.98 Å². The number of nitrogens with zero attached hydrogens (tertiary/aromatic N) is 2. The summed E-state index contributed by atoms with van der Waals surface area (Å²) in [7, 11) is 0. The number of halogens is 1. The Morgan fingerprint density at radius 2 is 1.53 bits per heavy atom. The van der Waals surface area contributed by atoms with E-state index in [1.54, 1.807) is 6.07 Å². The van der Waals surface area contributed by atoms with Crippen LogP contribution in [-0.2, 0) is 11.2 Å². The minimum absolute atomic E-state index is 0. The first-order valence-electron chi connectivity index (χ1n) is 8.98. The van der Waals surface area contributed by atoms with E-state index >= 15 is 0 Å². The van der Waals surface area contributed by atoms with Crippen LogP contribution in [0.15, 0.2) is 78.9 Å². The van der Waals surface area contributed by atoms with Gasteiger partial charge in [-0.25, -0.2) is 4.98 Å². The maximum atomic E-state index is 11.7. The number of non-ortho nitro benzene ring substituents is 1. The zero-order valence-electron chi connectivity index (χ0n) is 15.7. The van der Waals surface area contributed by atoms with Crippen LogP contribution in [0.3, 0.4) is 0 Å². The van der Waals surface area contributed by atoms with E-state index in [0.717, 1.165) is 11.1 Å². The molecule has 4 rings (SSSR count). The van der Waals surface area contributed by atoms with Crippen molar-refractivity contribution in [1.29, 1.82) is 0 Å². The predicted molar refractivity (Wildman–Crippen MR) is 118 cm³/mol. The lowest BCUT2D eigenvalue weighted by Gasteiger charge is -2.17. The fourth-order valence-electron chi connectivity index (χ4n) is 3.50. The van der Waals surface area contributed by atoms with E-state index in [1.807, 2.05) is 60.7 Å². The lowest BCUT2D eigenvalue weighted by molar-refractivity contribution is -0.384. The van der Waals surface area contributed by atoms with Gasteiger partial charge in [-0.15, -0.1) is 12.4 Å². The molecular weight excluding hydrogens is 404 g/mol. The monoisotopic (exact) mass is 420 g/mol. The van der Waals surface area contributed by atoms with Gasteiger partial charge in [0.05, 0.1) is 22.6 Å². The Morgan fingerprint density at radius 3 is 2.10 bits per heavy atom. The number of pyridine rings is 1. The van der Waals surface area contributed by atoms with Crippen molar-refractivity contribution in [2.45, 2.75) is 6.42 Å². The zero-order chi connectivity index (χ0) is 20.4. The average Bonchev–Trinajstić information content (AvgIpc) is 2.73. The molecule has 0 radical (unpaired) electrons. The second-order valence-electron chi connectivity index (χ2n) is 6.58. The Hall–Kier alpha value is -3.77. The van der Waals surface area contributed by atoms with Crippen molar-refractivity contribution in [3.8, 4) is 22.4 Å². The molecule has 0 unspecified atom stereocenters. The Balaban J connectivity index is 0.00000256. The van der Waals surface area contributed by atoms with Crippen LogP contribution in [0.1, 0.15) is 5.56 Å². The summed E-state index contributed by atoms with van der Waals surface area (Å²) in [6, 6.07) is 23.1. The lowest BCUT2D eigenvalue weighted by Crippen LogP contribution is -2.06. The Labute approximate surface area is 178 Å². The maximum Gasteiger partial charge on any atom is 0.307 e. The molecule has 1 aromatic heterocycles. The molecule has 0 spiro atoms. The van der Waals surface area contributed by atoms with Crippen LogP contribution in [0.4, 0.5) is 5.69 Å². The van der Waals surface area contributed by atoms with E-state index < -0.39 is 10.9 Å². The molecule has 0 saturated heterocycles. The van der Waals surface area contributed by atoms with Crippen molar-refractivity contribution in [2.24, 2.45) is 0 Å². The summed E-state index contributed by atoms with van der Waals surface area (Å²) in [5.41, 5.74) is 3.83. The van der Waals surface area contributed by atoms with E-state index in [9.17, 15) is 20.0 Å². The van der Waals surface area contributed by atoms with E-state index in [0.29, 0.717) is 27.7 Å². The Bertz CT molecular complexity index is 1230. The second kappa shape index (κ2) is 8.71. The van der Waals surface area contributed by atoms with Crippen LogP contribution in [-0.4, -0.2) is 21.0 Å². The van der Waals surface area contributed by atoms with Gasteiger partial charge in [-0.05, 0) is 22.8 Å². The molecule has 6 nitrogen and oxygen atoms in total. The summed E-state index contributed by atoms with van der Waals surface area (Å²) >= 11 is 0. The number of carboxylic acids is 1. The number of nitro groups is 1. The minimum Gasteiger partial charge on any atom is -0.481 e. The molecule has 0 aliphatic carbocycles. The fraction of sp³-hybridized carbons (Fsp3) is 0.0435. The van der Waals surface area contributed by atoms with Gasteiger partial charge >= 0.3 is 5.97 Å². The summed E-state index contributed by atoms with van der Waals surface area (Å²) in [5.74, 6) is -0.994. The first-order chi connectivity index (χ1) is 14.0. The van der Waals surface area contributed by atoms with Crippen molar-refractivity contribution in [3.05, 3.63) is 94.5 Å². The standard InChI is InChI=1S/C23H16N2O4.ClH/c26-21(27)14-19-22(15-7-3-1-4-8-15)18-13-17(25(28)29)11-12-20(18)24-23(19)16-9-5-2-6-10-16;/h1-13H,14H2,(H,26,27);1H. The molecule has 7 heteroatoms. The Morgan fingerprint density at radius 1 is 0.933 bits per heavy atom. The van der Waals surface area contributed by atoms with E-state index in [4.69, 9.17) is 4.98 Å². The highest BCUT2D eigenvalue weighted by Gasteiger charge is 2.21. The van der Waals surface area contributed by atoms with E-state index in [2.05, 4.69) is 0 Å². The number of fused-ring (bicyclic) bond motifs is 1. The number of carboxylic acid groups (broad SMARTS) is 1. The molecule has 4 aromatic rings. The van der Waals surface area contributed by atoms with Crippen LogP contribution < -0.4 is 0 Å². The smallest absolute Gasteiger partial charge is 0.307 e. The predicted octanol–water partition coefficient (Wildman–Crippen LogP) is 5.53. The highest BCUT2D eigenvalue weighted by Crippen LogP contribution is 2.38. The molecule has 0 saturated carbocycles. The highest BCUT2D eigenvalue weighted by atomic mass is 35.5. The summed E-state index contributed by atoms with van der Waals surface area (Å²) in [5, 5.41) is 21.5. The third-order valence-corrected chi connectivity index (χ3v) is 4.72. The molecule has 0 atom stereocenters. The van der Waals surface area contributed by atoms with Gasteiger partial charge in [-0.3, -0.25) is 14.9 Å². The number of hydrogen-bond acceptors (Lipinski definition) is 4. The molecular formula is C23H17ClN2O4. The largest absolute Gasteiger partial charge is 0.481 e.